The van der Waals surface area contributed by atoms with Gasteiger partial charge in [0.2, 0.25) is 5.91 Å². The van der Waals surface area contributed by atoms with Crippen molar-refractivity contribution in [2.75, 3.05) is 7.11 Å². The number of aromatic nitrogens is 2. The highest BCUT2D eigenvalue weighted by Gasteiger charge is 2.43. The highest BCUT2D eigenvalue weighted by atomic mass is 16.6. The van der Waals surface area contributed by atoms with Gasteiger partial charge in [0.1, 0.15) is 29.8 Å². The van der Waals surface area contributed by atoms with Gasteiger partial charge in [-0.05, 0) is 131 Å². The summed E-state index contributed by atoms with van der Waals surface area (Å²) in [7, 11) is 1.31. The lowest BCUT2D eigenvalue weighted by molar-refractivity contribution is -0.137. The molecule has 2 aromatic carbocycles. The van der Waals surface area contributed by atoms with E-state index >= 15 is 0 Å². The van der Waals surface area contributed by atoms with Crippen LogP contribution in [0, 0.1) is 5.92 Å². The maximum atomic E-state index is 14.0. The lowest BCUT2D eigenvalue weighted by atomic mass is 9.83. The van der Waals surface area contributed by atoms with Gasteiger partial charge >= 0.3 is 12.2 Å². The molecule has 5 heterocycles. The molecule has 1 aliphatic carbocycles. The van der Waals surface area contributed by atoms with Crippen molar-refractivity contribution in [3.8, 4) is 28.1 Å². The Morgan fingerprint density at radius 1 is 0.965 bits per heavy atom. The normalized spacial score (nSPS) is 23.5. The molecule has 3 aromatic rings. The molecular formula is C45H56N6O6. The van der Waals surface area contributed by atoms with Crippen LogP contribution in [0.2, 0.25) is 0 Å². The summed E-state index contributed by atoms with van der Waals surface area (Å²) in [6.07, 6.45) is 7.67. The molecule has 12 nitrogen and oxygen atoms in total. The largest absolute Gasteiger partial charge is 0.488 e. The minimum atomic E-state index is -0.686. The van der Waals surface area contributed by atoms with Crippen LogP contribution >= 0.6 is 0 Å². The number of amides is 3. The minimum absolute atomic E-state index is 0.00511. The van der Waals surface area contributed by atoms with E-state index in [1.807, 2.05) is 50.6 Å². The van der Waals surface area contributed by atoms with Crippen LogP contribution < -0.4 is 10.1 Å². The summed E-state index contributed by atoms with van der Waals surface area (Å²) >= 11 is 0. The number of rotatable bonds is 7. The van der Waals surface area contributed by atoms with Gasteiger partial charge in [-0.1, -0.05) is 32.4 Å². The number of aliphatic imine (C=N–C) groups is 1. The van der Waals surface area contributed by atoms with E-state index in [0.717, 1.165) is 102 Å². The van der Waals surface area contributed by atoms with Gasteiger partial charge < -0.3 is 29.4 Å². The molecule has 57 heavy (non-hydrogen) atoms. The fourth-order valence-electron chi connectivity index (χ4n) is 9.45. The maximum Gasteiger partial charge on any atom is 0.411 e. The second kappa shape index (κ2) is 15.0. The minimum Gasteiger partial charge on any atom is -0.488 e. The summed E-state index contributed by atoms with van der Waals surface area (Å²) in [5, 5.41) is 2.79. The number of hydrogen-bond donors (Lipinski definition) is 2. The van der Waals surface area contributed by atoms with Crippen molar-refractivity contribution in [2.24, 2.45) is 10.9 Å². The van der Waals surface area contributed by atoms with E-state index in [2.05, 4.69) is 54.5 Å². The number of H-pyrrole nitrogens is 1. The fourth-order valence-corrected chi connectivity index (χ4v) is 9.45. The zero-order valence-corrected chi connectivity index (χ0v) is 34.5. The molecule has 0 unspecified atom stereocenters. The molecule has 2 N–H and O–H groups in total. The number of imidazole rings is 1. The number of methoxy groups -OCH3 is 1. The number of nitrogens with one attached hydrogen (secondary N) is 2. The summed E-state index contributed by atoms with van der Waals surface area (Å²) in [5.41, 5.74) is 10.6. The number of aryl methyl sites for hydroxylation is 1. The van der Waals surface area contributed by atoms with Crippen molar-refractivity contribution in [1.29, 1.82) is 0 Å². The summed E-state index contributed by atoms with van der Waals surface area (Å²) in [6, 6.07) is 10.1. The summed E-state index contributed by atoms with van der Waals surface area (Å²) < 4.78 is 17.1. The molecule has 8 rings (SSSR count). The highest BCUT2D eigenvalue weighted by Crippen LogP contribution is 2.47. The van der Waals surface area contributed by atoms with Crippen LogP contribution in [0.4, 0.5) is 9.59 Å². The molecular weight excluding hydrogens is 721 g/mol. The molecule has 3 amide bonds. The zero-order chi connectivity index (χ0) is 40.3. The fraction of sp³-hybridized carbons (Fsp3) is 0.533. The molecule has 5 aliphatic rings. The van der Waals surface area contributed by atoms with E-state index in [0.29, 0.717) is 6.61 Å². The zero-order valence-electron chi connectivity index (χ0n) is 34.5. The van der Waals surface area contributed by atoms with Crippen molar-refractivity contribution < 1.29 is 28.6 Å². The summed E-state index contributed by atoms with van der Waals surface area (Å²) in [6.45, 7) is 14.3. The van der Waals surface area contributed by atoms with Crippen LogP contribution in [0.5, 0.6) is 5.75 Å². The molecule has 0 radical (unpaired) electrons. The number of benzene rings is 2. The molecule has 2 saturated heterocycles. The Balaban J connectivity index is 0.999. The predicted octanol–water partition coefficient (Wildman–Crippen LogP) is 8.75. The van der Waals surface area contributed by atoms with Crippen LogP contribution in [0.25, 0.3) is 28.0 Å². The van der Waals surface area contributed by atoms with Crippen molar-refractivity contribution in [3.05, 3.63) is 64.7 Å². The lowest BCUT2D eigenvalue weighted by Gasteiger charge is -2.33. The standard InChI is InChI=1S/C45H56N6O6/c1-9-24(2)40(49-43(53)55-8)42(52)50-25(3)11-17-38(50)41-46-22-36(48-41)28-12-14-30-29(18-28)23-56-39-21-31-27(19-33(30)39)13-15-34-32(31)20-35(47-34)37-16-10-26(4)51(37)44(54)57-45(5,6)7/h12,14,18-19,21-22,24-26,37-38,40H,9-11,13,15-17,20,23H2,1-8H3,(H,46,48)(H,49,53)/t24-,25-,26-,37-,38-,40-/m0/s1. The molecule has 0 spiro atoms. The van der Waals surface area contributed by atoms with E-state index in [9.17, 15) is 14.4 Å². The van der Waals surface area contributed by atoms with Crippen LogP contribution in [0.3, 0.4) is 0 Å². The van der Waals surface area contributed by atoms with E-state index in [-0.39, 0.29) is 42.1 Å². The summed E-state index contributed by atoms with van der Waals surface area (Å²) in [5.74, 6) is 1.44. The number of hydrogen-bond acceptors (Lipinski definition) is 8. The van der Waals surface area contributed by atoms with E-state index in [4.69, 9.17) is 24.2 Å². The first kappa shape index (κ1) is 38.7. The molecule has 6 atom stereocenters. The highest BCUT2D eigenvalue weighted by molar-refractivity contribution is 6.05. The molecule has 12 heteroatoms. The van der Waals surface area contributed by atoms with Crippen LogP contribution in [0.1, 0.15) is 122 Å². The van der Waals surface area contributed by atoms with Gasteiger partial charge in [0.25, 0.3) is 0 Å². The third-order valence-electron chi connectivity index (χ3n) is 12.7. The van der Waals surface area contributed by atoms with Gasteiger partial charge in [0.05, 0.1) is 31.1 Å². The van der Waals surface area contributed by atoms with Crippen LogP contribution in [-0.4, -0.2) is 80.5 Å². The SMILES string of the molecule is CC[C@H](C)[C@H](NC(=O)OC)C(=O)N1[C@@H](C)CC[C@H]1c1ncc(-c2ccc3c(c2)COc2cc4c(cc2-3)CCC2=C4CC([C@@H]3CC[C@H](C)N3C(=O)OC(C)(C)C)=N2)[nH]1. The number of aromatic amines is 1. The molecule has 302 valence electrons. The Labute approximate surface area is 335 Å². The van der Waals surface area contributed by atoms with E-state index < -0.39 is 17.7 Å². The third-order valence-corrected chi connectivity index (χ3v) is 12.7. The monoisotopic (exact) mass is 776 g/mol. The first-order valence-corrected chi connectivity index (χ1v) is 20.7. The molecule has 2 fully saturated rings. The van der Waals surface area contributed by atoms with Gasteiger partial charge in [0.15, 0.2) is 0 Å². The van der Waals surface area contributed by atoms with Crippen molar-refractivity contribution in [3.63, 3.8) is 0 Å². The topological polar surface area (TPSA) is 138 Å². The second-order valence-electron chi connectivity index (χ2n) is 17.6. The first-order valence-electron chi connectivity index (χ1n) is 20.7. The number of nitrogens with zero attached hydrogens (tertiary/aromatic N) is 4. The average Bonchev–Trinajstić information content (AvgIpc) is 4.00. The van der Waals surface area contributed by atoms with Crippen LogP contribution in [-0.2, 0) is 27.3 Å². The van der Waals surface area contributed by atoms with E-state index in [1.165, 1.54) is 23.8 Å². The molecule has 0 bridgehead atoms. The average molecular weight is 777 g/mol. The number of likely N-dealkylation sites (tertiary alicyclic amines) is 2. The number of fused-ring (bicyclic) bond motifs is 5. The van der Waals surface area contributed by atoms with Crippen molar-refractivity contribution >= 4 is 29.4 Å². The van der Waals surface area contributed by atoms with Crippen molar-refractivity contribution in [1.82, 2.24) is 25.1 Å². The number of allylic oxidation sites excluding steroid dienone is 2. The Morgan fingerprint density at radius 2 is 1.72 bits per heavy atom. The first-order chi connectivity index (χ1) is 27.2. The van der Waals surface area contributed by atoms with Gasteiger partial charge in [-0.25, -0.2) is 14.6 Å². The van der Waals surface area contributed by atoms with E-state index in [1.54, 1.807) is 0 Å². The van der Waals surface area contributed by atoms with Gasteiger partial charge in [-0.2, -0.15) is 0 Å². The Hall–Kier alpha value is -5.13. The van der Waals surface area contributed by atoms with Crippen LogP contribution in [0.15, 0.2) is 47.2 Å². The Morgan fingerprint density at radius 3 is 2.46 bits per heavy atom. The smallest absolute Gasteiger partial charge is 0.411 e. The number of alkyl carbamates (subject to hydrolysis) is 1. The Bertz CT molecular complexity index is 2160. The Kier molecular flexibility index (Phi) is 10.2. The maximum absolute atomic E-state index is 14.0. The number of ether oxygens (including phenoxy) is 3. The molecule has 4 aliphatic heterocycles. The summed E-state index contributed by atoms with van der Waals surface area (Å²) in [4.78, 5) is 56.8. The molecule has 1 aromatic heterocycles. The van der Waals surface area contributed by atoms with Gasteiger partial charge in [0, 0.05) is 35.5 Å². The molecule has 0 saturated carbocycles. The second-order valence-corrected chi connectivity index (χ2v) is 17.6. The number of carbonyl (C=O) groups is 3. The van der Waals surface area contributed by atoms with Gasteiger partial charge in [-0.3, -0.25) is 14.7 Å². The number of carbonyl (C=O) groups excluding carboxylic acids is 3. The third kappa shape index (κ3) is 7.20. The lowest BCUT2D eigenvalue weighted by Crippen LogP contribution is -2.53. The quantitative estimate of drug-likeness (QED) is 0.245. The van der Waals surface area contributed by atoms with Gasteiger partial charge in [-0.15, -0.1) is 0 Å². The predicted molar refractivity (Wildman–Crippen MR) is 219 cm³/mol. The van der Waals surface area contributed by atoms with Crippen molar-refractivity contribution in [2.45, 2.75) is 142 Å².